The molecule has 2 heterocycles. The molecule has 3 N–H and O–H groups in total. The van der Waals surface area contributed by atoms with Crippen LogP contribution in [0.1, 0.15) is 29.8 Å². The van der Waals surface area contributed by atoms with Crippen LogP contribution in [0.15, 0.2) is 28.7 Å². The van der Waals surface area contributed by atoms with E-state index in [4.69, 9.17) is 5.73 Å². The zero-order valence-electron chi connectivity index (χ0n) is 11.5. The number of hydrogen-bond donors (Lipinski definition) is 2. The molecule has 0 unspecified atom stereocenters. The number of rotatable bonds is 1. The van der Waals surface area contributed by atoms with Crippen LogP contribution in [0.4, 0.5) is 10.2 Å². The number of hydrogen-bond acceptors (Lipinski definition) is 3. The number of benzene rings is 1. The Morgan fingerprint density at radius 3 is 2.71 bits per heavy atom. The zero-order chi connectivity index (χ0) is 15.4. The number of nitrogens with two attached hydrogens (primary N) is 1. The highest BCUT2D eigenvalue weighted by molar-refractivity contribution is 9.10. The average molecular weight is 350 g/mol. The van der Waals surface area contributed by atoms with E-state index in [1.165, 1.54) is 0 Å². The second-order valence-corrected chi connectivity index (χ2v) is 6.39. The van der Waals surface area contributed by atoms with Crippen molar-refractivity contribution in [2.75, 3.05) is 5.73 Å². The molecule has 2 aromatic rings. The molecule has 0 aliphatic carbocycles. The Balaban J connectivity index is 2.19. The van der Waals surface area contributed by atoms with Crippen molar-refractivity contribution in [2.24, 2.45) is 0 Å². The average Bonchev–Trinajstić information content (AvgIpc) is 2.64. The fraction of sp³-hybridized carbons (Fsp3) is 0.200. The minimum absolute atomic E-state index is 0.0899. The molecule has 4 nitrogen and oxygen atoms in total. The van der Waals surface area contributed by atoms with Gasteiger partial charge in [-0.1, -0.05) is 6.07 Å². The van der Waals surface area contributed by atoms with Gasteiger partial charge < -0.3 is 11.1 Å². The van der Waals surface area contributed by atoms with Gasteiger partial charge in [0.15, 0.2) is 0 Å². The van der Waals surface area contributed by atoms with Crippen LogP contribution >= 0.6 is 15.9 Å². The third-order valence-electron chi connectivity index (χ3n) is 3.64. The molecular formula is C15H13BrFN3O. The van der Waals surface area contributed by atoms with Crippen LogP contribution < -0.4 is 11.1 Å². The molecule has 0 atom stereocenters. The summed E-state index contributed by atoms with van der Waals surface area (Å²) in [7, 11) is 0. The van der Waals surface area contributed by atoms with Crippen LogP contribution in [-0.4, -0.2) is 10.9 Å². The first-order valence-electron chi connectivity index (χ1n) is 6.38. The van der Waals surface area contributed by atoms with Crippen LogP contribution in [0.25, 0.3) is 11.1 Å². The van der Waals surface area contributed by atoms with Gasteiger partial charge in [0, 0.05) is 11.1 Å². The lowest BCUT2D eigenvalue weighted by atomic mass is 9.91. The summed E-state index contributed by atoms with van der Waals surface area (Å²) in [6.45, 7) is 3.87. The molecule has 0 bridgehead atoms. The Hall–Kier alpha value is -1.95. The first kappa shape index (κ1) is 14.0. The molecule has 1 aromatic heterocycles. The molecule has 1 aliphatic rings. The lowest BCUT2D eigenvalue weighted by Crippen LogP contribution is -2.32. The van der Waals surface area contributed by atoms with Crippen molar-refractivity contribution in [3.8, 4) is 11.1 Å². The summed E-state index contributed by atoms with van der Waals surface area (Å²) < 4.78 is 13.6. The van der Waals surface area contributed by atoms with Gasteiger partial charge in [0.25, 0.3) is 5.91 Å². The molecule has 1 aliphatic heterocycles. The van der Waals surface area contributed by atoms with Crippen LogP contribution in [-0.2, 0) is 5.54 Å². The second-order valence-electron chi connectivity index (χ2n) is 5.53. The normalized spacial score (nSPS) is 15.7. The number of carbonyl (C=O) groups excluding carboxylic acids is 1. The lowest BCUT2D eigenvalue weighted by molar-refractivity contribution is 0.0940. The van der Waals surface area contributed by atoms with Crippen molar-refractivity contribution < 1.29 is 9.18 Å². The minimum atomic E-state index is -0.644. The van der Waals surface area contributed by atoms with E-state index in [1.807, 2.05) is 19.9 Å². The molecule has 21 heavy (non-hydrogen) atoms. The monoisotopic (exact) mass is 349 g/mol. The zero-order valence-corrected chi connectivity index (χ0v) is 13.1. The van der Waals surface area contributed by atoms with Crippen molar-refractivity contribution in [2.45, 2.75) is 19.4 Å². The summed E-state index contributed by atoms with van der Waals surface area (Å²) in [6, 6.07) is 7.03. The van der Waals surface area contributed by atoms with Crippen molar-refractivity contribution in [3.05, 3.63) is 45.8 Å². The van der Waals surface area contributed by atoms with Crippen molar-refractivity contribution in [1.29, 1.82) is 0 Å². The summed E-state index contributed by atoms with van der Waals surface area (Å²) >= 11 is 3.11. The maximum atomic E-state index is 13.4. The predicted molar refractivity (Wildman–Crippen MR) is 82.2 cm³/mol. The molecule has 1 amide bonds. The van der Waals surface area contributed by atoms with Crippen LogP contribution in [0, 0.1) is 5.95 Å². The molecule has 0 fully saturated rings. The Bertz CT molecular complexity index is 774. The van der Waals surface area contributed by atoms with Gasteiger partial charge in [-0.3, -0.25) is 4.79 Å². The first-order valence-corrected chi connectivity index (χ1v) is 7.18. The SMILES string of the molecule is CC1(C)NC(=O)c2ccc(-c3cc(Br)c(F)nc3N)cc21. The van der Waals surface area contributed by atoms with Gasteiger partial charge in [0.05, 0.1) is 10.0 Å². The van der Waals surface area contributed by atoms with E-state index < -0.39 is 11.5 Å². The van der Waals surface area contributed by atoms with Crippen molar-refractivity contribution in [1.82, 2.24) is 10.3 Å². The number of nitrogens with zero attached hydrogens (tertiary/aromatic N) is 1. The number of fused-ring (bicyclic) bond motifs is 1. The largest absolute Gasteiger partial charge is 0.383 e. The highest BCUT2D eigenvalue weighted by atomic mass is 79.9. The number of nitrogen functional groups attached to an aromatic ring is 1. The fourth-order valence-electron chi connectivity index (χ4n) is 2.56. The van der Waals surface area contributed by atoms with Gasteiger partial charge in [-0.05, 0) is 59.1 Å². The predicted octanol–water partition coefficient (Wildman–Crippen LogP) is 3.21. The van der Waals surface area contributed by atoms with Crippen LogP contribution in [0.3, 0.4) is 0 Å². The van der Waals surface area contributed by atoms with Gasteiger partial charge in [-0.2, -0.15) is 4.39 Å². The first-order chi connectivity index (χ1) is 9.79. The molecule has 108 valence electrons. The highest BCUT2D eigenvalue weighted by Gasteiger charge is 2.35. The quantitative estimate of drug-likeness (QED) is 0.776. The molecule has 3 rings (SSSR count). The standard InChI is InChI=1S/C15H13BrFN3O/c1-15(2)10-5-7(3-4-8(10)14(21)20-15)9-6-11(16)12(17)19-13(9)18/h3-6H,1-2H3,(H2,18,19)(H,20,21). The van der Waals surface area contributed by atoms with Crippen LogP contribution in [0.5, 0.6) is 0 Å². The maximum Gasteiger partial charge on any atom is 0.252 e. The molecular weight excluding hydrogens is 337 g/mol. The van der Waals surface area contributed by atoms with Gasteiger partial charge in [0.2, 0.25) is 5.95 Å². The lowest BCUT2D eigenvalue weighted by Gasteiger charge is -2.19. The summed E-state index contributed by atoms with van der Waals surface area (Å²) in [5.41, 5.74) is 8.33. The van der Waals surface area contributed by atoms with Gasteiger partial charge in [0.1, 0.15) is 5.82 Å². The van der Waals surface area contributed by atoms with Gasteiger partial charge in [-0.25, -0.2) is 4.98 Å². The van der Waals surface area contributed by atoms with E-state index in [0.29, 0.717) is 11.1 Å². The van der Waals surface area contributed by atoms with E-state index >= 15 is 0 Å². The molecule has 0 saturated carbocycles. The third kappa shape index (κ3) is 2.19. The molecule has 0 radical (unpaired) electrons. The Labute approximate surface area is 129 Å². The second kappa shape index (κ2) is 4.53. The Kier molecular flexibility index (Phi) is 3.02. The topological polar surface area (TPSA) is 68.0 Å². The molecule has 0 saturated heterocycles. The van der Waals surface area contributed by atoms with E-state index in [1.54, 1.807) is 18.2 Å². The van der Waals surface area contributed by atoms with Crippen molar-refractivity contribution >= 4 is 27.7 Å². The molecule has 1 aromatic carbocycles. The minimum Gasteiger partial charge on any atom is -0.383 e. The Morgan fingerprint density at radius 1 is 1.29 bits per heavy atom. The number of nitrogens with one attached hydrogen (secondary N) is 1. The smallest absolute Gasteiger partial charge is 0.252 e. The van der Waals surface area contributed by atoms with E-state index in [2.05, 4.69) is 26.2 Å². The number of carbonyl (C=O) groups is 1. The summed E-state index contributed by atoms with van der Waals surface area (Å²) in [5.74, 6) is -0.617. The fourth-order valence-corrected chi connectivity index (χ4v) is 2.87. The maximum absolute atomic E-state index is 13.4. The summed E-state index contributed by atoms with van der Waals surface area (Å²) in [4.78, 5) is 15.6. The molecule has 6 heteroatoms. The van der Waals surface area contributed by atoms with E-state index in [0.717, 1.165) is 11.1 Å². The van der Waals surface area contributed by atoms with Crippen molar-refractivity contribution in [3.63, 3.8) is 0 Å². The summed E-state index contributed by atoms with van der Waals surface area (Å²) in [6.07, 6.45) is 0. The third-order valence-corrected chi connectivity index (χ3v) is 4.19. The van der Waals surface area contributed by atoms with Gasteiger partial charge in [-0.15, -0.1) is 0 Å². The van der Waals surface area contributed by atoms with E-state index in [9.17, 15) is 9.18 Å². The number of halogens is 2. The number of amides is 1. The number of aromatic nitrogens is 1. The number of anilines is 1. The van der Waals surface area contributed by atoms with E-state index in [-0.39, 0.29) is 16.2 Å². The summed E-state index contributed by atoms with van der Waals surface area (Å²) in [5, 5.41) is 2.92. The highest BCUT2D eigenvalue weighted by Crippen LogP contribution is 2.36. The van der Waals surface area contributed by atoms with Crippen LogP contribution in [0.2, 0.25) is 0 Å². The number of pyridine rings is 1. The molecule has 0 spiro atoms. The Morgan fingerprint density at radius 2 is 2.00 bits per heavy atom. The van der Waals surface area contributed by atoms with Gasteiger partial charge >= 0.3 is 0 Å².